The molecule has 2 aromatic rings. The van der Waals surface area contributed by atoms with Crippen LogP contribution in [0.4, 0.5) is 5.69 Å². The summed E-state index contributed by atoms with van der Waals surface area (Å²) in [5, 5.41) is 0. The van der Waals surface area contributed by atoms with Gasteiger partial charge in [-0.15, -0.1) is 11.8 Å². The second-order valence-corrected chi connectivity index (χ2v) is 7.23. The van der Waals surface area contributed by atoms with Crippen LogP contribution in [0.25, 0.3) is 0 Å². The average Bonchev–Trinajstić information content (AvgIpc) is 2.68. The largest absolute Gasteiger partial charge is 0.497 e. The molecule has 136 valence electrons. The quantitative estimate of drug-likeness (QED) is 0.759. The van der Waals surface area contributed by atoms with Gasteiger partial charge in [0.1, 0.15) is 12.3 Å². The van der Waals surface area contributed by atoms with E-state index < -0.39 is 0 Å². The van der Waals surface area contributed by atoms with E-state index in [9.17, 15) is 9.59 Å². The first-order chi connectivity index (χ1) is 12.6. The molecule has 0 N–H and O–H groups in total. The lowest BCUT2D eigenvalue weighted by Gasteiger charge is -2.39. The van der Waals surface area contributed by atoms with Gasteiger partial charge in [0, 0.05) is 29.2 Å². The summed E-state index contributed by atoms with van der Waals surface area (Å²) in [4.78, 5) is 29.6. The van der Waals surface area contributed by atoms with Crippen molar-refractivity contribution in [3.05, 3.63) is 54.6 Å². The maximum Gasteiger partial charge on any atom is 0.246 e. The number of benzene rings is 2. The zero-order valence-corrected chi connectivity index (χ0v) is 15.7. The maximum absolute atomic E-state index is 12.6. The van der Waals surface area contributed by atoms with E-state index in [0.717, 1.165) is 10.6 Å². The molecule has 0 radical (unpaired) electrons. The number of anilines is 1. The second kappa shape index (κ2) is 8.27. The van der Waals surface area contributed by atoms with Crippen molar-refractivity contribution in [2.75, 3.05) is 30.9 Å². The fourth-order valence-electron chi connectivity index (χ4n) is 2.96. The molecule has 1 fully saturated rings. The molecule has 0 spiro atoms. The van der Waals surface area contributed by atoms with Crippen LogP contribution in [0.5, 0.6) is 5.75 Å². The standard InChI is InChI=1S/C20H22N2O3S/c1-15-12-22(16-7-6-8-17(11-16)25-2)19(23)13-21(15)20(24)14-26-18-9-4-3-5-10-18/h3-11,15H,12-14H2,1-2H3/t15-/m1/s1. The van der Waals surface area contributed by atoms with Crippen LogP contribution in [-0.4, -0.2) is 48.7 Å². The minimum absolute atomic E-state index is 0.00926. The van der Waals surface area contributed by atoms with Crippen molar-refractivity contribution in [3.63, 3.8) is 0 Å². The predicted molar refractivity (Wildman–Crippen MR) is 104 cm³/mol. The molecule has 1 aliphatic heterocycles. The maximum atomic E-state index is 12.6. The van der Waals surface area contributed by atoms with Gasteiger partial charge in [0.25, 0.3) is 0 Å². The lowest BCUT2D eigenvalue weighted by molar-refractivity contribution is -0.137. The molecule has 26 heavy (non-hydrogen) atoms. The predicted octanol–water partition coefficient (Wildman–Crippen LogP) is 3.05. The molecule has 0 aliphatic carbocycles. The molecule has 2 amide bonds. The second-order valence-electron chi connectivity index (χ2n) is 6.18. The average molecular weight is 370 g/mol. The summed E-state index contributed by atoms with van der Waals surface area (Å²) in [6.45, 7) is 2.56. The van der Waals surface area contributed by atoms with Crippen molar-refractivity contribution >= 4 is 29.3 Å². The van der Waals surface area contributed by atoms with E-state index in [2.05, 4.69) is 0 Å². The van der Waals surface area contributed by atoms with Gasteiger partial charge >= 0.3 is 0 Å². The molecule has 2 aromatic carbocycles. The Labute approximate surface area is 157 Å². The third kappa shape index (κ3) is 4.19. The highest BCUT2D eigenvalue weighted by atomic mass is 32.2. The Morgan fingerprint density at radius 1 is 1.19 bits per heavy atom. The van der Waals surface area contributed by atoms with Crippen LogP contribution < -0.4 is 9.64 Å². The van der Waals surface area contributed by atoms with Gasteiger partial charge in [-0.25, -0.2) is 0 Å². The molecule has 1 heterocycles. The number of nitrogens with zero attached hydrogens (tertiary/aromatic N) is 2. The summed E-state index contributed by atoms with van der Waals surface area (Å²) in [5.41, 5.74) is 0.798. The van der Waals surface area contributed by atoms with E-state index in [1.165, 1.54) is 11.8 Å². The van der Waals surface area contributed by atoms with Crippen LogP contribution in [0.1, 0.15) is 6.92 Å². The smallest absolute Gasteiger partial charge is 0.246 e. The van der Waals surface area contributed by atoms with Gasteiger partial charge < -0.3 is 14.5 Å². The Balaban J connectivity index is 1.64. The van der Waals surface area contributed by atoms with Crippen LogP contribution >= 0.6 is 11.8 Å². The Kier molecular flexibility index (Phi) is 5.83. The van der Waals surface area contributed by atoms with Crippen LogP contribution in [-0.2, 0) is 9.59 Å². The highest BCUT2D eigenvalue weighted by Gasteiger charge is 2.33. The summed E-state index contributed by atoms with van der Waals surface area (Å²) < 4.78 is 5.24. The van der Waals surface area contributed by atoms with E-state index in [1.807, 2.05) is 61.5 Å². The Bertz CT molecular complexity index is 782. The summed E-state index contributed by atoms with van der Waals surface area (Å²) >= 11 is 1.49. The number of piperazine rings is 1. The zero-order valence-electron chi connectivity index (χ0n) is 14.9. The summed E-state index contributed by atoms with van der Waals surface area (Å²) in [5.74, 6) is 0.959. The normalized spacial score (nSPS) is 17.3. The molecule has 1 aliphatic rings. The van der Waals surface area contributed by atoms with Crippen molar-refractivity contribution in [2.24, 2.45) is 0 Å². The highest BCUT2D eigenvalue weighted by molar-refractivity contribution is 8.00. The molecule has 1 atom stereocenters. The topological polar surface area (TPSA) is 49.9 Å². The van der Waals surface area contributed by atoms with Crippen LogP contribution in [0, 0.1) is 0 Å². The van der Waals surface area contributed by atoms with Crippen LogP contribution in [0.3, 0.4) is 0 Å². The monoisotopic (exact) mass is 370 g/mol. The van der Waals surface area contributed by atoms with Gasteiger partial charge in [0.05, 0.1) is 12.9 Å². The van der Waals surface area contributed by atoms with Gasteiger partial charge in [-0.3, -0.25) is 9.59 Å². The molecule has 3 rings (SSSR count). The third-order valence-electron chi connectivity index (χ3n) is 4.38. The number of ether oxygens (including phenoxy) is 1. The van der Waals surface area contributed by atoms with Gasteiger partial charge in [0.2, 0.25) is 11.8 Å². The molecule has 1 saturated heterocycles. The first-order valence-corrected chi connectivity index (χ1v) is 9.49. The van der Waals surface area contributed by atoms with Gasteiger partial charge in [0.15, 0.2) is 0 Å². The fraction of sp³-hybridized carbons (Fsp3) is 0.300. The minimum Gasteiger partial charge on any atom is -0.497 e. The third-order valence-corrected chi connectivity index (χ3v) is 5.37. The Morgan fingerprint density at radius 2 is 1.96 bits per heavy atom. The first-order valence-electron chi connectivity index (χ1n) is 8.50. The number of amides is 2. The van der Waals surface area contributed by atoms with E-state index in [0.29, 0.717) is 18.0 Å². The van der Waals surface area contributed by atoms with Crippen molar-refractivity contribution < 1.29 is 14.3 Å². The molecule has 0 bridgehead atoms. The van der Waals surface area contributed by atoms with Crippen molar-refractivity contribution in [3.8, 4) is 5.75 Å². The Hall–Kier alpha value is -2.47. The van der Waals surface area contributed by atoms with Crippen molar-refractivity contribution in [1.29, 1.82) is 0 Å². The number of carbonyl (C=O) groups is 2. The summed E-state index contributed by atoms with van der Waals surface area (Å²) in [6, 6.07) is 17.2. The summed E-state index contributed by atoms with van der Waals surface area (Å²) in [7, 11) is 1.60. The van der Waals surface area contributed by atoms with Crippen molar-refractivity contribution in [2.45, 2.75) is 17.9 Å². The van der Waals surface area contributed by atoms with Gasteiger partial charge in [-0.05, 0) is 31.2 Å². The molecule has 5 nitrogen and oxygen atoms in total. The van der Waals surface area contributed by atoms with E-state index in [4.69, 9.17) is 4.74 Å². The number of hydrogen-bond donors (Lipinski definition) is 0. The number of carbonyl (C=O) groups excluding carboxylic acids is 2. The highest BCUT2D eigenvalue weighted by Crippen LogP contribution is 2.25. The van der Waals surface area contributed by atoms with Crippen LogP contribution in [0.15, 0.2) is 59.5 Å². The van der Waals surface area contributed by atoms with Crippen LogP contribution in [0.2, 0.25) is 0 Å². The molecular weight excluding hydrogens is 348 g/mol. The number of methoxy groups -OCH3 is 1. The number of rotatable bonds is 5. The minimum atomic E-state index is -0.0746. The number of hydrogen-bond acceptors (Lipinski definition) is 4. The fourth-order valence-corrected chi connectivity index (χ4v) is 3.76. The van der Waals surface area contributed by atoms with E-state index in [1.54, 1.807) is 16.9 Å². The van der Waals surface area contributed by atoms with Gasteiger partial charge in [-0.1, -0.05) is 24.3 Å². The zero-order chi connectivity index (χ0) is 18.5. The summed E-state index contributed by atoms with van der Waals surface area (Å²) in [6.07, 6.45) is 0. The molecule has 0 unspecified atom stereocenters. The molecule has 0 saturated carbocycles. The molecular formula is C20H22N2O3S. The number of thioether (sulfide) groups is 1. The lowest BCUT2D eigenvalue weighted by Crippen LogP contribution is -2.57. The van der Waals surface area contributed by atoms with Crippen molar-refractivity contribution in [1.82, 2.24) is 4.90 Å². The molecule has 0 aromatic heterocycles. The SMILES string of the molecule is COc1cccc(N2C[C@@H](C)N(C(=O)CSc3ccccc3)CC2=O)c1. The van der Waals surface area contributed by atoms with E-state index in [-0.39, 0.29) is 24.4 Å². The lowest BCUT2D eigenvalue weighted by atomic mass is 10.1. The van der Waals surface area contributed by atoms with Gasteiger partial charge in [-0.2, -0.15) is 0 Å². The molecule has 6 heteroatoms. The van der Waals surface area contributed by atoms with E-state index >= 15 is 0 Å². The first kappa shape index (κ1) is 18.3. The Morgan fingerprint density at radius 3 is 2.69 bits per heavy atom.